The second-order valence-electron chi connectivity index (χ2n) is 3.39. The molecule has 1 fully saturated rings. The Kier molecular flexibility index (Phi) is 2.88. The van der Waals surface area contributed by atoms with E-state index in [0.717, 1.165) is 38.3 Å². The van der Waals surface area contributed by atoms with Gasteiger partial charge in [-0.1, -0.05) is 18.3 Å². The van der Waals surface area contributed by atoms with E-state index in [1.165, 1.54) is 5.00 Å². The second-order valence-corrected chi connectivity index (χ2v) is 4.40. The monoisotopic (exact) mass is 212 g/mol. The first-order valence-electron chi connectivity index (χ1n) is 5.02. The summed E-state index contributed by atoms with van der Waals surface area (Å²) in [5.41, 5.74) is 6.87. The summed E-state index contributed by atoms with van der Waals surface area (Å²) < 4.78 is 0. The van der Waals surface area contributed by atoms with Crippen LogP contribution in [-0.2, 0) is 6.42 Å². The first-order chi connectivity index (χ1) is 6.81. The van der Waals surface area contributed by atoms with Crippen molar-refractivity contribution in [2.24, 2.45) is 0 Å². The van der Waals surface area contributed by atoms with E-state index in [2.05, 4.69) is 22.1 Å². The Bertz CT molecular complexity index is 304. The molecule has 0 unspecified atom stereocenters. The zero-order valence-electron chi connectivity index (χ0n) is 8.42. The van der Waals surface area contributed by atoms with Gasteiger partial charge in [0.2, 0.25) is 0 Å². The van der Waals surface area contributed by atoms with E-state index in [1.807, 2.05) is 0 Å². The van der Waals surface area contributed by atoms with Crippen molar-refractivity contribution in [1.82, 2.24) is 10.3 Å². The SMILES string of the molecule is CCc1nc(N)sc1N1CCNCC1. The van der Waals surface area contributed by atoms with Gasteiger partial charge in [0.1, 0.15) is 5.00 Å². The summed E-state index contributed by atoms with van der Waals surface area (Å²) in [5.74, 6) is 0. The number of thiazole rings is 1. The summed E-state index contributed by atoms with van der Waals surface area (Å²) in [6, 6.07) is 0. The van der Waals surface area contributed by atoms with Crippen LogP contribution in [0.5, 0.6) is 0 Å². The molecule has 1 aliphatic heterocycles. The van der Waals surface area contributed by atoms with Crippen molar-refractivity contribution in [2.45, 2.75) is 13.3 Å². The highest BCUT2D eigenvalue weighted by Gasteiger charge is 2.17. The number of piperazine rings is 1. The molecule has 2 heterocycles. The van der Waals surface area contributed by atoms with Gasteiger partial charge in [-0.15, -0.1) is 0 Å². The standard InChI is InChI=1S/C9H16N4S/c1-2-7-8(14-9(10)12-7)13-5-3-11-4-6-13/h11H,2-6H2,1H3,(H2,10,12). The maximum Gasteiger partial charge on any atom is 0.182 e. The third kappa shape index (κ3) is 1.83. The molecule has 1 aromatic rings. The van der Waals surface area contributed by atoms with Crippen LogP contribution in [0.15, 0.2) is 0 Å². The van der Waals surface area contributed by atoms with E-state index in [4.69, 9.17) is 5.73 Å². The van der Waals surface area contributed by atoms with Gasteiger partial charge in [-0.25, -0.2) is 4.98 Å². The number of hydrogen-bond acceptors (Lipinski definition) is 5. The lowest BCUT2D eigenvalue weighted by Crippen LogP contribution is -2.43. The van der Waals surface area contributed by atoms with E-state index in [9.17, 15) is 0 Å². The number of anilines is 2. The summed E-state index contributed by atoms with van der Waals surface area (Å²) in [6.07, 6.45) is 0.965. The lowest BCUT2D eigenvalue weighted by Gasteiger charge is -2.28. The summed E-state index contributed by atoms with van der Waals surface area (Å²) in [7, 11) is 0. The number of aromatic nitrogens is 1. The fourth-order valence-electron chi connectivity index (χ4n) is 1.71. The summed E-state index contributed by atoms with van der Waals surface area (Å²) >= 11 is 1.61. The Labute approximate surface area is 88.1 Å². The van der Waals surface area contributed by atoms with Crippen molar-refractivity contribution in [2.75, 3.05) is 36.8 Å². The van der Waals surface area contributed by atoms with Crippen molar-refractivity contribution in [1.29, 1.82) is 0 Å². The number of nitrogen functional groups attached to an aromatic ring is 1. The Balaban J connectivity index is 2.20. The van der Waals surface area contributed by atoms with Gasteiger partial charge in [0.15, 0.2) is 5.13 Å². The molecule has 14 heavy (non-hydrogen) atoms. The third-order valence-corrected chi connectivity index (χ3v) is 3.42. The predicted octanol–water partition coefficient (Wildman–Crippen LogP) is 0.697. The molecule has 0 bridgehead atoms. The van der Waals surface area contributed by atoms with Gasteiger partial charge in [0.25, 0.3) is 0 Å². The largest absolute Gasteiger partial charge is 0.375 e. The molecular weight excluding hydrogens is 196 g/mol. The fraction of sp³-hybridized carbons (Fsp3) is 0.667. The highest BCUT2D eigenvalue weighted by molar-refractivity contribution is 7.19. The molecule has 78 valence electrons. The highest BCUT2D eigenvalue weighted by atomic mass is 32.1. The Morgan fingerprint density at radius 2 is 2.21 bits per heavy atom. The zero-order valence-corrected chi connectivity index (χ0v) is 9.23. The van der Waals surface area contributed by atoms with Gasteiger partial charge < -0.3 is 16.0 Å². The van der Waals surface area contributed by atoms with Crippen molar-refractivity contribution in [3.8, 4) is 0 Å². The third-order valence-electron chi connectivity index (χ3n) is 2.43. The molecule has 0 atom stereocenters. The minimum Gasteiger partial charge on any atom is -0.375 e. The molecule has 0 aliphatic carbocycles. The number of aryl methyl sites for hydroxylation is 1. The summed E-state index contributed by atoms with van der Waals surface area (Å²) in [4.78, 5) is 6.72. The van der Waals surface area contributed by atoms with Gasteiger partial charge in [-0.2, -0.15) is 0 Å². The lowest BCUT2D eigenvalue weighted by molar-refractivity contribution is 0.590. The van der Waals surface area contributed by atoms with Crippen molar-refractivity contribution in [3.63, 3.8) is 0 Å². The first kappa shape index (κ1) is 9.73. The predicted molar refractivity (Wildman–Crippen MR) is 61.0 cm³/mol. The van der Waals surface area contributed by atoms with Crippen LogP contribution in [-0.4, -0.2) is 31.2 Å². The molecule has 0 amide bonds. The quantitative estimate of drug-likeness (QED) is 0.757. The first-order valence-corrected chi connectivity index (χ1v) is 5.83. The fourth-order valence-corrected chi connectivity index (χ4v) is 2.68. The topological polar surface area (TPSA) is 54.2 Å². The van der Waals surface area contributed by atoms with Crippen LogP contribution in [0.2, 0.25) is 0 Å². The lowest BCUT2D eigenvalue weighted by atomic mass is 10.3. The number of hydrogen-bond donors (Lipinski definition) is 2. The smallest absolute Gasteiger partial charge is 0.182 e. The molecule has 1 aliphatic rings. The molecule has 0 radical (unpaired) electrons. The molecule has 2 rings (SSSR count). The molecular formula is C9H16N4S. The molecule has 0 saturated carbocycles. The Morgan fingerprint density at radius 3 is 2.86 bits per heavy atom. The van der Waals surface area contributed by atoms with Gasteiger partial charge in [-0.3, -0.25) is 0 Å². The molecule has 5 heteroatoms. The zero-order chi connectivity index (χ0) is 9.97. The van der Waals surface area contributed by atoms with Crippen LogP contribution in [0.3, 0.4) is 0 Å². The molecule has 1 aromatic heterocycles. The van der Waals surface area contributed by atoms with Gasteiger partial charge in [0, 0.05) is 26.2 Å². The Morgan fingerprint density at radius 1 is 1.50 bits per heavy atom. The average molecular weight is 212 g/mol. The maximum atomic E-state index is 5.73. The van der Waals surface area contributed by atoms with Gasteiger partial charge >= 0.3 is 0 Å². The minimum absolute atomic E-state index is 0.690. The second kappa shape index (κ2) is 4.14. The van der Waals surface area contributed by atoms with Crippen molar-refractivity contribution < 1.29 is 0 Å². The highest BCUT2D eigenvalue weighted by Crippen LogP contribution is 2.30. The van der Waals surface area contributed by atoms with Crippen LogP contribution in [0.25, 0.3) is 0 Å². The van der Waals surface area contributed by atoms with E-state index in [0.29, 0.717) is 5.13 Å². The number of rotatable bonds is 2. The number of nitrogens with one attached hydrogen (secondary N) is 1. The van der Waals surface area contributed by atoms with E-state index in [1.54, 1.807) is 11.3 Å². The molecule has 3 N–H and O–H groups in total. The summed E-state index contributed by atoms with van der Waals surface area (Å²) in [6.45, 7) is 6.37. The Hall–Kier alpha value is -0.810. The molecule has 0 spiro atoms. The maximum absolute atomic E-state index is 5.73. The van der Waals surface area contributed by atoms with Crippen LogP contribution >= 0.6 is 11.3 Å². The van der Waals surface area contributed by atoms with Crippen LogP contribution in [0.4, 0.5) is 10.1 Å². The van der Waals surface area contributed by atoms with E-state index >= 15 is 0 Å². The van der Waals surface area contributed by atoms with Crippen LogP contribution in [0, 0.1) is 0 Å². The number of nitrogens with zero attached hydrogens (tertiary/aromatic N) is 2. The normalized spacial score (nSPS) is 17.4. The van der Waals surface area contributed by atoms with E-state index in [-0.39, 0.29) is 0 Å². The number of nitrogens with two attached hydrogens (primary N) is 1. The van der Waals surface area contributed by atoms with Crippen LogP contribution in [0.1, 0.15) is 12.6 Å². The average Bonchev–Trinajstić information content (AvgIpc) is 2.61. The summed E-state index contributed by atoms with van der Waals surface area (Å²) in [5, 5.41) is 5.30. The van der Waals surface area contributed by atoms with Crippen molar-refractivity contribution >= 4 is 21.5 Å². The van der Waals surface area contributed by atoms with Gasteiger partial charge in [-0.05, 0) is 6.42 Å². The van der Waals surface area contributed by atoms with Crippen LogP contribution < -0.4 is 16.0 Å². The minimum atomic E-state index is 0.690. The van der Waals surface area contributed by atoms with Gasteiger partial charge in [0.05, 0.1) is 5.69 Å². The molecule has 0 aromatic carbocycles. The van der Waals surface area contributed by atoms with E-state index < -0.39 is 0 Å². The molecule has 1 saturated heterocycles. The van der Waals surface area contributed by atoms with Crippen molar-refractivity contribution in [3.05, 3.63) is 5.69 Å². The molecule has 4 nitrogen and oxygen atoms in total.